The van der Waals surface area contributed by atoms with Gasteiger partial charge in [0, 0.05) is 11.8 Å². The van der Waals surface area contributed by atoms with E-state index in [2.05, 4.69) is 10.1 Å². The lowest BCUT2D eigenvalue weighted by molar-refractivity contribution is -0.153. The topological polar surface area (TPSA) is 64.4 Å². The van der Waals surface area contributed by atoms with Crippen LogP contribution < -0.4 is 15.8 Å². The number of nitrogens with two attached hydrogens (primary N) is 1. The lowest BCUT2D eigenvalue weighted by atomic mass is 10.2. The van der Waals surface area contributed by atoms with Crippen molar-refractivity contribution in [3.05, 3.63) is 24.3 Å². The summed E-state index contributed by atoms with van der Waals surface area (Å²) in [5, 5.41) is 2.45. The van der Waals surface area contributed by atoms with E-state index in [9.17, 15) is 18.0 Å². The van der Waals surface area contributed by atoms with Crippen molar-refractivity contribution in [1.29, 1.82) is 0 Å². The first kappa shape index (κ1) is 17.5. The molecule has 0 spiro atoms. The number of alkyl halides is 3. The molecule has 1 aromatic rings. The molecule has 0 heterocycles. The van der Waals surface area contributed by atoms with E-state index in [1.165, 1.54) is 31.2 Å². The number of ether oxygens (including phenoxy) is 1. The first-order chi connectivity index (χ1) is 8.28. The number of halogens is 4. The summed E-state index contributed by atoms with van der Waals surface area (Å²) in [6.07, 6.45) is -4.40. The highest BCUT2D eigenvalue weighted by Crippen LogP contribution is 2.21. The van der Waals surface area contributed by atoms with Gasteiger partial charge in [-0.15, -0.1) is 12.4 Å². The maximum Gasteiger partial charge on any atom is 0.422 e. The predicted molar refractivity (Wildman–Crippen MR) is 67.5 cm³/mol. The Morgan fingerprint density at radius 3 is 2.63 bits per heavy atom. The third-order valence-electron chi connectivity index (χ3n) is 1.92. The number of amides is 1. The fourth-order valence-electron chi connectivity index (χ4n) is 1.08. The Balaban J connectivity index is 0.00000324. The van der Waals surface area contributed by atoms with Crippen LogP contribution in [0.1, 0.15) is 6.92 Å². The Bertz CT molecular complexity index is 425. The Labute approximate surface area is 114 Å². The van der Waals surface area contributed by atoms with Crippen LogP contribution in [0.25, 0.3) is 0 Å². The Hall–Kier alpha value is -1.47. The molecule has 1 aromatic carbocycles. The molecule has 0 fully saturated rings. The molecule has 4 nitrogen and oxygen atoms in total. The van der Waals surface area contributed by atoms with Crippen LogP contribution in [0.2, 0.25) is 0 Å². The molecular formula is C11H14ClF3N2O2. The molecule has 3 N–H and O–H groups in total. The molecule has 1 amide bonds. The molecule has 1 atom stereocenters. The van der Waals surface area contributed by atoms with Crippen LogP contribution in [0.3, 0.4) is 0 Å². The van der Waals surface area contributed by atoms with Crippen LogP contribution in [0.15, 0.2) is 24.3 Å². The van der Waals surface area contributed by atoms with Crippen LogP contribution in [0.5, 0.6) is 5.75 Å². The zero-order valence-electron chi connectivity index (χ0n) is 10.0. The number of anilines is 1. The summed E-state index contributed by atoms with van der Waals surface area (Å²) in [6, 6.07) is 4.97. The van der Waals surface area contributed by atoms with Crippen LogP contribution in [-0.2, 0) is 4.79 Å². The van der Waals surface area contributed by atoms with Gasteiger partial charge in [-0.2, -0.15) is 13.2 Å². The molecule has 0 saturated heterocycles. The largest absolute Gasteiger partial charge is 0.484 e. The van der Waals surface area contributed by atoms with E-state index < -0.39 is 24.7 Å². The fourth-order valence-corrected chi connectivity index (χ4v) is 1.08. The third kappa shape index (κ3) is 6.88. The zero-order valence-corrected chi connectivity index (χ0v) is 10.8. The van der Waals surface area contributed by atoms with Gasteiger partial charge in [-0.1, -0.05) is 6.07 Å². The molecule has 0 radical (unpaired) electrons. The van der Waals surface area contributed by atoms with Gasteiger partial charge in [-0.25, -0.2) is 0 Å². The molecule has 108 valence electrons. The normalized spacial score (nSPS) is 12.3. The van der Waals surface area contributed by atoms with Gasteiger partial charge in [0.1, 0.15) is 5.75 Å². The molecule has 0 aliphatic carbocycles. The van der Waals surface area contributed by atoms with Gasteiger partial charge in [0.05, 0.1) is 6.04 Å². The number of hydrogen-bond acceptors (Lipinski definition) is 3. The summed E-state index contributed by atoms with van der Waals surface area (Å²) in [5.41, 5.74) is 5.68. The highest BCUT2D eigenvalue weighted by atomic mass is 35.5. The number of benzene rings is 1. The van der Waals surface area contributed by atoms with Crippen molar-refractivity contribution in [3.63, 3.8) is 0 Å². The van der Waals surface area contributed by atoms with Gasteiger partial charge in [-0.05, 0) is 19.1 Å². The molecule has 0 aliphatic heterocycles. The van der Waals surface area contributed by atoms with Gasteiger partial charge in [-0.3, -0.25) is 4.79 Å². The summed E-state index contributed by atoms with van der Waals surface area (Å²) in [5.74, 6) is -0.405. The van der Waals surface area contributed by atoms with E-state index >= 15 is 0 Å². The van der Waals surface area contributed by atoms with E-state index in [-0.39, 0.29) is 18.2 Å². The van der Waals surface area contributed by atoms with Crippen molar-refractivity contribution in [2.24, 2.45) is 5.73 Å². The van der Waals surface area contributed by atoms with Crippen molar-refractivity contribution >= 4 is 24.0 Å². The molecule has 1 rings (SSSR count). The molecule has 0 saturated carbocycles. The molecular weight excluding hydrogens is 285 g/mol. The number of carbonyl (C=O) groups excluding carboxylic acids is 1. The van der Waals surface area contributed by atoms with Gasteiger partial charge in [0.25, 0.3) is 0 Å². The SMILES string of the molecule is C[C@H](N)C(=O)Nc1cccc(OCC(F)(F)F)c1.Cl. The summed E-state index contributed by atoms with van der Waals surface area (Å²) in [4.78, 5) is 11.3. The smallest absolute Gasteiger partial charge is 0.422 e. The minimum Gasteiger partial charge on any atom is -0.484 e. The quantitative estimate of drug-likeness (QED) is 0.897. The Morgan fingerprint density at radius 2 is 2.11 bits per heavy atom. The molecule has 0 unspecified atom stereocenters. The van der Waals surface area contributed by atoms with Crippen LogP contribution >= 0.6 is 12.4 Å². The summed E-state index contributed by atoms with van der Waals surface area (Å²) < 4.78 is 40.4. The third-order valence-corrected chi connectivity index (χ3v) is 1.92. The second-order valence-corrected chi connectivity index (χ2v) is 3.71. The van der Waals surface area contributed by atoms with E-state index in [4.69, 9.17) is 5.73 Å². The maximum atomic E-state index is 11.9. The van der Waals surface area contributed by atoms with Crippen LogP contribution in [0.4, 0.5) is 18.9 Å². The first-order valence-corrected chi connectivity index (χ1v) is 5.14. The number of hydrogen-bond donors (Lipinski definition) is 2. The highest BCUT2D eigenvalue weighted by molar-refractivity contribution is 5.94. The second-order valence-electron chi connectivity index (χ2n) is 3.71. The number of rotatable bonds is 4. The average molecular weight is 299 g/mol. The van der Waals surface area contributed by atoms with Crippen LogP contribution in [-0.4, -0.2) is 24.7 Å². The van der Waals surface area contributed by atoms with E-state index in [1.54, 1.807) is 0 Å². The zero-order chi connectivity index (χ0) is 13.8. The second kappa shape index (κ2) is 7.20. The van der Waals surface area contributed by atoms with Crippen LogP contribution in [0, 0.1) is 0 Å². The van der Waals surface area contributed by atoms with Crippen molar-refractivity contribution < 1.29 is 22.7 Å². The van der Waals surface area contributed by atoms with Gasteiger partial charge >= 0.3 is 6.18 Å². The standard InChI is InChI=1S/C11H13F3N2O2.ClH/c1-7(15)10(17)16-8-3-2-4-9(5-8)18-6-11(12,13)14;/h2-5,7H,6,15H2,1H3,(H,16,17);1H/t7-;/m0./s1. The van der Waals surface area contributed by atoms with Crippen molar-refractivity contribution in [3.8, 4) is 5.75 Å². The van der Waals surface area contributed by atoms with Gasteiger partial charge in [0.2, 0.25) is 5.91 Å². The van der Waals surface area contributed by atoms with E-state index in [0.29, 0.717) is 5.69 Å². The number of carbonyl (C=O) groups is 1. The lowest BCUT2D eigenvalue weighted by Gasteiger charge is -2.11. The minimum absolute atomic E-state index is 0. The summed E-state index contributed by atoms with van der Waals surface area (Å²) in [7, 11) is 0. The van der Waals surface area contributed by atoms with E-state index in [0.717, 1.165) is 0 Å². The number of nitrogens with one attached hydrogen (secondary N) is 1. The van der Waals surface area contributed by atoms with Crippen molar-refractivity contribution in [2.45, 2.75) is 19.1 Å². The summed E-state index contributed by atoms with van der Waals surface area (Å²) in [6.45, 7) is 0.122. The first-order valence-electron chi connectivity index (χ1n) is 5.14. The average Bonchev–Trinajstić information content (AvgIpc) is 2.26. The molecule has 0 aliphatic rings. The molecule has 0 aromatic heterocycles. The monoisotopic (exact) mass is 298 g/mol. The van der Waals surface area contributed by atoms with Crippen molar-refractivity contribution in [2.75, 3.05) is 11.9 Å². The molecule has 0 bridgehead atoms. The summed E-state index contributed by atoms with van der Waals surface area (Å²) >= 11 is 0. The highest BCUT2D eigenvalue weighted by Gasteiger charge is 2.28. The predicted octanol–water partition coefficient (Wildman–Crippen LogP) is 2.34. The van der Waals surface area contributed by atoms with Gasteiger partial charge in [0.15, 0.2) is 6.61 Å². The Morgan fingerprint density at radius 1 is 1.47 bits per heavy atom. The van der Waals surface area contributed by atoms with Gasteiger partial charge < -0.3 is 15.8 Å². The maximum absolute atomic E-state index is 11.9. The fraction of sp³-hybridized carbons (Fsp3) is 0.364. The molecule has 19 heavy (non-hydrogen) atoms. The van der Waals surface area contributed by atoms with Crippen molar-refractivity contribution in [1.82, 2.24) is 0 Å². The lowest BCUT2D eigenvalue weighted by Crippen LogP contribution is -2.32. The molecule has 8 heteroatoms. The Kier molecular flexibility index (Phi) is 6.64. The van der Waals surface area contributed by atoms with E-state index in [1.807, 2.05) is 0 Å². The minimum atomic E-state index is -4.40.